The second-order valence-corrected chi connectivity index (χ2v) is 7.32. The fourth-order valence-electron chi connectivity index (χ4n) is 2.55. The number of carbonyl (C=O) groups is 1. The van der Waals surface area contributed by atoms with Crippen LogP contribution in [0.1, 0.15) is 23.5 Å². The van der Waals surface area contributed by atoms with Crippen LogP contribution in [0.25, 0.3) is 21.8 Å². The number of aromatic nitrogens is 2. The van der Waals surface area contributed by atoms with Crippen molar-refractivity contribution in [2.45, 2.75) is 26.6 Å². The molecular formula is C19H17F3N2OS. The predicted molar refractivity (Wildman–Crippen MR) is 96.2 cm³/mol. The molecule has 0 N–H and O–H groups in total. The van der Waals surface area contributed by atoms with E-state index in [2.05, 4.69) is 5.10 Å². The molecule has 1 aromatic carbocycles. The van der Waals surface area contributed by atoms with Crippen molar-refractivity contribution in [2.75, 3.05) is 0 Å². The van der Waals surface area contributed by atoms with Gasteiger partial charge in [-0.05, 0) is 18.2 Å². The summed E-state index contributed by atoms with van der Waals surface area (Å²) >= 11 is 1.19. The minimum atomic E-state index is -4.39. The Morgan fingerprint density at radius 2 is 1.85 bits per heavy atom. The van der Waals surface area contributed by atoms with E-state index < -0.39 is 12.7 Å². The zero-order valence-electron chi connectivity index (χ0n) is 14.2. The molecule has 0 radical (unpaired) electrons. The number of halogens is 3. The van der Waals surface area contributed by atoms with Crippen LogP contribution in [0, 0.1) is 5.92 Å². The van der Waals surface area contributed by atoms with Gasteiger partial charge in [-0.25, -0.2) is 0 Å². The molecule has 3 rings (SSSR count). The number of hydrogen-bond donors (Lipinski definition) is 0. The van der Waals surface area contributed by atoms with E-state index in [1.807, 2.05) is 18.2 Å². The summed E-state index contributed by atoms with van der Waals surface area (Å²) < 4.78 is 39.9. The Balaban J connectivity index is 2.05. The number of thiophene rings is 1. The van der Waals surface area contributed by atoms with Gasteiger partial charge in [0.1, 0.15) is 6.54 Å². The van der Waals surface area contributed by atoms with Crippen LogP contribution in [-0.4, -0.2) is 21.7 Å². The maximum absolute atomic E-state index is 13.0. The predicted octanol–water partition coefficient (Wildman–Crippen LogP) is 5.68. The molecular weight excluding hydrogens is 361 g/mol. The average Bonchev–Trinajstić information content (AvgIpc) is 3.20. The highest BCUT2D eigenvalue weighted by Crippen LogP contribution is 2.33. The molecule has 3 nitrogen and oxygen atoms in total. The topological polar surface area (TPSA) is 34.9 Å². The molecule has 0 bridgehead atoms. The summed E-state index contributed by atoms with van der Waals surface area (Å²) in [6.45, 7) is 2.41. The van der Waals surface area contributed by atoms with Gasteiger partial charge >= 0.3 is 6.18 Å². The second kappa shape index (κ2) is 7.07. The highest BCUT2D eigenvalue weighted by molar-refractivity contribution is 7.17. The van der Waals surface area contributed by atoms with Crippen molar-refractivity contribution in [3.05, 3.63) is 53.4 Å². The van der Waals surface area contributed by atoms with Crippen molar-refractivity contribution in [3.63, 3.8) is 0 Å². The van der Waals surface area contributed by atoms with Crippen LogP contribution >= 0.6 is 11.3 Å². The molecule has 0 saturated heterocycles. The van der Waals surface area contributed by atoms with Crippen molar-refractivity contribution in [2.24, 2.45) is 5.92 Å². The number of benzene rings is 1. The summed E-state index contributed by atoms with van der Waals surface area (Å²) in [5.74, 6) is -0.187. The zero-order chi connectivity index (χ0) is 18.9. The highest BCUT2D eigenvalue weighted by atomic mass is 32.1. The maximum Gasteiger partial charge on any atom is 0.408 e. The third-order valence-corrected chi connectivity index (χ3v) is 4.93. The summed E-state index contributed by atoms with van der Waals surface area (Å²) in [6, 6.07) is 14.0. The monoisotopic (exact) mass is 378 g/mol. The van der Waals surface area contributed by atoms with Crippen molar-refractivity contribution in [1.82, 2.24) is 9.78 Å². The van der Waals surface area contributed by atoms with Crippen LogP contribution in [0.2, 0.25) is 0 Å². The van der Waals surface area contributed by atoms with E-state index in [1.54, 1.807) is 44.2 Å². The molecule has 0 aliphatic carbocycles. The lowest BCUT2D eigenvalue weighted by Gasteiger charge is -2.09. The Morgan fingerprint density at radius 1 is 1.15 bits per heavy atom. The first kappa shape index (κ1) is 18.4. The fraction of sp³-hybridized carbons (Fsp3) is 0.263. The van der Waals surface area contributed by atoms with Gasteiger partial charge in [0.15, 0.2) is 5.78 Å². The number of hydrogen-bond acceptors (Lipinski definition) is 3. The Hall–Kier alpha value is -2.41. The molecule has 0 aliphatic heterocycles. The van der Waals surface area contributed by atoms with E-state index in [4.69, 9.17) is 0 Å². The Morgan fingerprint density at radius 3 is 2.46 bits per heavy atom. The summed E-state index contributed by atoms with van der Waals surface area (Å²) in [6.07, 6.45) is -4.39. The second-order valence-electron chi connectivity index (χ2n) is 6.24. The van der Waals surface area contributed by atoms with E-state index in [9.17, 15) is 18.0 Å². The van der Waals surface area contributed by atoms with E-state index in [0.29, 0.717) is 21.1 Å². The fourth-order valence-corrected chi connectivity index (χ4v) is 3.66. The van der Waals surface area contributed by atoms with Crippen LogP contribution in [0.3, 0.4) is 0 Å². The molecule has 3 aromatic rings. The SMILES string of the molecule is CC(C)C(=O)c1ccc(-c2cc(-c3ccccc3)nn2CC(F)(F)F)s1. The smallest absolute Gasteiger partial charge is 0.293 e. The van der Waals surface area contributed by atoms with Crippen LogP contribution in [0.5, 0.6) is 0 Å². The lowest BCUT2D eigenvalue weighted by atomic mass is 10.1. The van der Waals surface area contributed by atoms with Crippen molar-refractivity contribution in [3.8, 4) is 21.8 Å². The standard InChI is InChI=1S/C19H17F3N2OS/c1-12(2)18(25)17-9-8-16(26-17)15-10-14(13-6-4-3-5-7-13)23-24(15)11-19(20,21)22/h3-10,12H,11H2,1-2H3. The van der Waals surface area contributed by atoms with Crippen LogP contribution in [-0.2, 0) is 6.54 Å². The molecule has 0 aliphatic rings. The maximum atomic E-state index is 13.0. The van der Waals surface area contributed by atoms with E-state index >= 15 is 0 Å². The summed E-state index contributed by atoms with van der Waals surface area (Å²) in [5.41, 5.74) is 1.56. The van der Waals surface area contributed by atoms with E-state index in [1.165, 1.54) is 11.3 Å². The number of rotatable bonds is 5. The highest BCUT2D eigenvalue weighted by Gasteiger charge is 2.30. The van der Waals surface area contributed by atoms with Gasteiger partial charge < -0.3 is 0 Å². The molecule has 0 unspecified atom stereocenters. The molecule has 0 saturated carbocycles. The zero-order valence-corrected chi connectivity index (χ0v) is 15.1. The third kappa shape index (κ3) is 4.04. The molecule has 26 heavy (non-hydrogen) atoms. The van der Waals surface area contributed by atoms with Gasteiger partial charge in [0.25, 0.3) is 0 Å². The number of carbonyl (C=O) groups excluding carboxylic acids is 1. The van der Waals surface area contributed by atoms with Crippen molar-refractivity contribution >= 4 is 17.1 Å². The molecule has 2 aromatic heterocycles. The first-order valence-corrected chi connectivity index (χ1v) is 8.90. The Kier molecular flexibility index (Phi) is 5.00. The third-order valence-electron chi connectivity index (χ3n) is 3.80. The lowest BCUT2D eigenvalue weighted by molar-refractivity contribution is -0.142. The van der Waals surface area contributed by atoms with Gasteiger partial charge in [-0.15, -0.1) is 11.3 Å². The normalized spacial score (nSPS) is 11.9. The van der Waals surface area contributed by atoms with E-state index in [-0.39, 0.29) is 11.7 Å². The van der Waals surface area contributed by atoms with Gasteiger partial charge in [-0.3, -0.25) is 9.48 Å². The molecule has 2 heterocycles. The lowest BCUT2D eigenvalue weighted by Crippen LogP contribution is -2.19. The van der Waals surface area contributed by atoms with Gasteiger partial charge in [0, 0.05) is 11.5 Å². The molecule has 0 atom stereocenters. The number of alkyl halides is 3. The first-order chi connectivity index (χ1) is 12.2. The van der Waals surface area contributed by atoms with Gasteiger partial charge in [0.2, 0.25) is 0 Å². The van der Waals surface area contributed by atoms with Gasteiger partial charge in [-0.1, -0.05) is 44.2 Å². The molecule has 136 valence electrons. The molecule has 0 amide bonds. The van der Waals surface area contributed by atoms with Gasteiger partial charge in [-0.2, -0.15) is 18.3 Å². The number of Topliss-reactive ketones (excluding diaryl/α,β-unsaturated/α-hetero) is 1. The summed E-state index contributed by atoms with van der Waals surface area (Å²) in [7, 11) is 0. The molecule has 0 spiro atoms. The summed E-state index contributed by atoms with van der Waals surface area (Å²) in [4.78, 5) is 13.3. The van der Waals surface area contributed by atoms with Crippen LogP contribution in [0.4, 0.5) is 13.2 Å². The Labute approximate surface area is 153 Å². The largest absolute Gasteiger partial charge is 0.408 e. The number of nitrogens with zero attached hydrogens (tertiary/aromatic N) is 2. The molecule has 7 heteroatoms. The average molecular weight is 378 g/mol. The van der Waals surface area contributed by atoms with Crippen LogP contribution < -0.4 is 0 Å². The van der Waals surface area contributed by atoms with Crippen molar-refractivity contribution < 1.29 is 18.0 Å². The Bertz CT molecular complexity index is 911. The minimum Gasteiger partial charge on any atom is -0.293 e. The quantitative estimate of drug-likeness (QED) is 0.536. The van der Waals surface area contributed by atoms with Gasteiger partial charge in [0.05, 0.1) is 21.1 Å². The first-order valence-electron chi connectivity index (χ1n) is 8.09. The van der Waals surface area contributed by atoms with Crippen LogP contribution in [0.15, 0.2) is 48.5 Å². The van der Waals surface area contributed by atoms with E-state index in [0.717, 1.165) is 10.2 Å². The minimum absolute atomic E-state index is 0.0218. The summed E-state index contributed by atoms with van der Waals surface area (Å²) in [5, 5.41) is 4.15. The molecule has 0 fully saturated rings. The van der Waals surface area contributed by atoms with Crippen molar-refractivity contribution in [1.29, 1.82) is 0 Å². The number of ketones is 1.